The van der Waals surface area contributed by atoms with Crippen LogP contribution in [0.25, 0.3) is 0 Å². The van der Waals surface area contributed by atoms with E-state index in [9.17, 15) is 20.0 Å². The number of hydrogen-bond donors (Lipinski definition) is 2. The zero-order valence-electron chi connectivity index (χ0n) is 13.2. The van der Waals surface area contributed by atoms with Crippen LogP contribution >= 0.6 is 0 Å². The molecular weight excluding hydrogens is 286 g/mol. The molecule has 1 heterocycles. The maximum absolute atomic E-state index is 11.5. The van der Waals surface area contributed by atoms with Gasteiger partial charge in [0.2, 0.25) is 0 Å². The summed E-state index contributed by atoms with van der Waals surface area (Å²) in [4.78, 5) is 23.6. The fraction of sp³-hybridized carbons (Fsp3) is 0.533. The average Bonchev–Trinajstić information content (AvgIpc) is 2.42. The molecular formula is C15H21N3O4. The molecule has 120 valence electrons. The zero-order valence-corrected chi connectivity index (χ0v) is 13.2. The van der Waals surface area contributed by atoms with Crippen LogP contribution in [0.4, 0.5) is 21.9 Å². The van der Waals surface area contributed by atoms with Crippen LogP contribution in [-0.4, -0.2) is 29.7 Å². The normalized spacial score (nSPS) is 17.8. The van der Waals surface area contributed by atoms with E-state index in [2.05, 4.69) is 26.1 Å². The Morgan fingerprint density at radius 2 is 2.09 bits per heavy atom. The number of fused-ring (bicyclic) bond motifs is 1. The number of nitro groups is 1. The van der Waals surface area contributed by atoms with E-state index in [1.165, 1.54) is 11.0 Å². The van der Waals surface area contributed by atoms with Gasteiger partial charge in [0.05, 0.1) is 10.6 Å². The van der Waals surface area contributed by atoms with E-state index in [4.69, 9.17) is 0 Å². The molecule has 0 aromatic heterocycles. The number of rotatable bonds is 2. The number of nitrogens with zero attached hydrogens (tertiary/aromatic N) is 2. The van der Waals surface area contributed by atoms with Crippen molar-refractivity contribution in [2.24, 2.45) is 5.41 Å². The largest absolute Gasteiger partial charge is 0.465 e. The summed E-state index contributed by atoms with van der Waals surface area (Å²) in [5.41, 5.74) is 1.46. The Hall–Kier alpha value is -2.31. The van der Waals surface area contributed by atoms with Crippen LogP contribution in [0, 0.1) is 15.5 Å². The minimum absolute atomic E-state index is 0.0252. The van der Waals surface area contributed by atoms with Gasteiger partial charge in [-0.05, 0) is 29.4 Å². The summed E-state index contributed by atoms with van der Waals surface area (Å²) in [6.45, 7) is 6.59. The third-order valence-corrected chi connectivity index (χ3v) is 4.19. The first-order valence-electron chi connectivity index (χ1n) is 7.17. The van der Waals surface area contributed by atoms with Crippen LogP contribution in [0.1, 0.15) is 38.7 Å². The number of carboxylic acid groups (broad SMARTS) is 1. The fourth-order valence-electron chi connectivity index (χ4n) is 3.09. The molecule has 0 saturated carbocycles. The number of carbonyl (C=O) groups is 1. The van der Waals surface area contributed by atoms with Gasteiger partial charge in [0.25, 0.3) is 5.69 Å². The van der Waals surface area contributed by atoms with Gasteiger partial charge in [0, 0.05) is 19.7 Å². The monoisotopic (exact) mass is 307 g/mol. The van der Waals surface area contributed by atoms with Crippen molar-refractivity contribution in [1.29, 1.82) is 0 Å². The number of anilines is 2. The highest BCUT2D eigenvalue weighted by atomic mass is 16.6. The van der Waals surface area contributed by atoms with Gasteiger partial charge in [-0.25, -0.2) is 4.79 Å². The molecule has 7 nitrogen and oxygen atoms in total. The highest BCUT2D eigenvalue weighted by Crippen LogP contribution is 2.48. The minimum atomic E-state index is -1.04. The molecule has 1 aromatic carbocycles. The van der Waals surface area contributed by atoms with E-state index in [1.807, 2.05) is 0 Å². The molecule has 0 spiro atoms. The highest BCUT2D eigenvalue weighted by molar-refractivity contribution is 5.90. The smallest absolute Gasteiger partial charge is 0.411 e. The van der Waals surface area contributed by atoms with Crippen LogP contribution in [0.15, 0.2) is 12.1 Å². The first kappa shape index (κ1) is 16.1. The molecule has 1 unspecified atom stereocenters. The average molecular weight is 307 g/mol. The topological polar surface area (TPSA) is 95.7 Å². The molecule has 0 bridgehead atoms. The van der Waals surface area contributed by atoms with Gasteiger partial charge in [-0.1, -0.05) is 20.8 Å². The molecule has 2 rings (SSSR count). The van der Waals surface area contributed by atoms with E-state index in [0.717, 1.165) is 5.56 Å². The standard InChI is InChI=1S/C15H21N3O4/c1-15(2,3)10-5-6-17(14(19)20)12-8-11(16-4)13(18(21)22)7-9(10)12/h7-8,10,16H,5-6H2,1-4H3,(H,19,20). The van der Waals surface area contributed by atoms with Crippen LogP contribution in [0.3, 0.4) is 0 Å². The van der Waals surface area contributed by atoms with E-state index in [-0.39, 0.29) is 17.0 Å². The van der Waals surface area contributed by atoms with Crippen molar-refractivity contribution >= 4 is 23.2 Å². The number of hydrogen-bond acceptors (Lipinski definition) is 4. The lowest BCUT2D eigenvalue weighted by Gasteiger charge is -2.39. The van der Waals surface area contributed by atoms with Gasteiger partial charge in [-0.15, -0.1) is 0 Å². The van der Waals surface area contributed by atoms with Crippen molar-refractivity contribution in [2.45, 2.75) is 33.1 Å². The summed E-state index contributed by atoms with van der Waals surface area (Å²) >= 11 is 0. The molecule has 7 heteroatoms. The second kappa shape index (κ2) is 5.47. The Morgan fingerprint density at radius 1 is 1.45 bits per heavy atom. The van der Waals surface area contributed by atoms with Crippen LogP contribution in [-0.2, 0) is 0 Å². The Morgan fingerprint density at radius 3 is 2.55 bits per heavy atom. The van der Waals surface area contributed by atoms with Crippen molar-refractivity contribution in [1.82, 2.24) is 0 Å². The molecule has 1 aromatic rings. The predicted molar refractivity (Wildman–Crippen MR) is 84.8 cm³/mol. The van der Waals surface area contributed by atoms with E-state index in [1.54, 1.807) is 13.1 Å². The van der Waals surface area contributed by atoms with Gasteiger partial charge in [0.1, 0.15) is 5.69 Å². The quantitative estimate of drug-likeness (QED) is 0.642. The van der Waals surface area contributed by atoms with Gasteiger partial charge >= 0.3 is 6.09 Å². The van der Waals surface area contributed by atoms with Crippen molar-refractivity contribution < 1.29 is 14.8 Å². The highest BCUT2D eigenvalue weighted by Gasteiger charge is 2.37. The van der Waals surface area contributed by atoms with E-state index in [0.29, 0.717) is 24.3 Å². The maximum Gasteiger partial charge on any atom is 0.411 e. The molecule has 0 aliphatic carbocycles. The molecule has 1 amide bonds. The summed E-state index contributed by atoms with van der Waals surface area (Å²) in [7, 11) is 1.59. The number of benzene rings is 1. The number of nitro benzene ring substituents is 1. The van der Waals surface area contributed by atoms with Gasteiger partial charge in [-0.3, -0.25) is 15.0 Å². The Bertz CT molecular complexity index is 622. The minimum Gasteiger partial charge on any atom is -0.465 e. The van der Waals surface area contributed by atoms with Crippen LogP contribution in [0.5, 0.6) is 0 Å². The summed E-state index contributed by atoms with van der Waals surface area (Å²) in [5, 5.41) is 23.4. The fourth-order valence-corrected chi connectivity index (χ4v) is 3.09. The lowest BCUT2D eigenvalue weighted by molar-refractivity contribution is -0.384. The van der Waals surface area contributed by atoms with Gasteiger partial charge < -0.3 is 10.4 Å². The Balaban J connectivity index is 2.69. The maximum atomic E-state index is 11.5. The SMILES string of the molecule is CNc1cc2c(cc1[N+](=O)[O-])C(C(C)(C)C)CCN2C(=O)O. The first-order chi connectivity index (χ1) is 10.2. The number of amides is 1. The van der Waals surface area contributed by atoms with Crippen molar-refractivity contribution in [3.05, 3.63) is 27.8 Å². The lowest BCUT2D eigenvalue weighted by Crippen LogP contribution is -2.38. The number of nitrogens with one attached hydrogen (secondary N) is 1. The van der Waals surface area contributed by atoms with Crippen molar-refractivity contribution in [2.75, 3.05) is 23.8 Å². The van der Waals surface area contributed by atoms with E-state index >= 15 is 0 Å². The lowest BCUT2D eigenvalue weighted by atomic mass is 9.72. The molecule has 22 heavy (non-hydrogen) atoms. The molecule has 0 saturated heterocycles. The molecule has 0 radical (unpaired) electrons. The summed E-state index contributed by atoms with van der Waals surface area (Å²) in [5.74, 6) is 0.0720. The van der Waals surface area contributed by atoms with E-state index < -0.39 is 11.0 Å². The third kappa shape index (κ3) is 2.70. The summed E-state index contributed by atoms with van der Waals surface area (Å²) in [6.07, 6.45) is -0.386. The van der Waals surface area contributed by atoms with Crippen molar-refractivity contribution in [3.8, 4) is 0 Å². The second-order valence-electron chi connectivity index (χ2n) is 6.58. The Labute approximate surface area is 129 Å². The zero-order chi connectivity index (χ0) is 16.7. The van der Waals surface area contributed by atoms with Gasteiger partial charge in [0.15, 0.2) is 0 Å². The molecule has 1 aliphatic heterocycles. The molecule has 1 aliphatic rings. The summed E-state index contributed by atoms with van der Waals surface area (Å²) in [6, 6.07) is 3.09. The first-order valence-corrected chi connectivity index (χ1v) is 7.17. The second-order valence-corrected chi connectivity index (χ2v) is 6.58. The molecule has 2 N–H and O–H groups in total. The van der Waals surface area contributed by atoms with Crippen molar-refractivity contribution in [3.63, 3.8) is 0 Å². The molecule has 1 atom stereocenters. The van der Waals surface area contributed by atoms with Gasteiger partial charge in [-0.2, -0.15) is 0 Å². The molecule has 0 fully saturated rings. The predicted octanol–water partition coefficient (Wildman–Crippen LogP) is 3.65. The Kier molecular flexibility index (Phi) is 4.00. The van der Waals surface area contributed by atoms with Crippen LogP contribution in [0.2, 0.25) is 0 Å². The summed E-state index contributed by atoms with van der Waals surface area (Å²) < 4.78 is 0. The van der Waals surface area contributed by atoms with Crippen LogP contribution < -0.4 is 10.2 Å². The third-order valence-electron chi connectivity index (χ3n) is 4.19.